The maximum Gasteiger partial charge on any atom is 0.168 e. The molecule has 0 aromatic rings. The number of Topliss-reactive ketones (excluding diaryl/α,β-unsaturated/α-hetero) is 1. The van der Waals surface area contributed by atoms with Crippen LogP contribution in [-0.2, 0) is 14.3 Å². The molecule has 2 heterocycles. The number of allylic oxidation sites excluding steroid dienone is 2. The highest BCUT2D eigenvalue weighted by molar-refractivity contribution is 6.06. The van der Waals surface area contributed by atoms with Crippen LogP contribution in [0, 0.1) is 45.3 Å². The average molecular weight is 383 g/mol. The van der Waals surface area contributed by atoms with Crippen molar-refractivity contribution < 1.29 is 19.4 Å². The van der Waals surface area contributed by atoms with Crippen LogP contribution >= 0.6 is 0 Å². The fraction of sp³-hybridized carbons (Fsp3) is 0.750. The summed E-state index contributed by atoms with van der Waals surface area (Å²) < 4.78 is 6.71. The normalized spacial score (nSPS) is 56.8. The molecular formula is C24H30O4. The number of ether oxygens (including phenoxy) is 1. The number of aliphatic hydroxyl groups excluding tert-OH is 1. The molecule has 4 heteroatoms. The average Bonchev–Trinajstić information content (AvgIpc) is 2.89. The summed E-state index contributed by atoms with van der Waals surface area (Å²) in [6.45, 7) is 13.0. The number of aliphatic hydroxyl groups is 1. The van der Waals surface area contributed by atoms with Gasteiger partial charge in [-0.15, -0.1) is 0 Å². The molecule has 0 radical (unpaired) electrons. The lowest BCUT2D eigenvalue weighted by molar-refractivity contribution is -0.366. The minimum atomic E-state index is -0.931. The summed E-state index contributed by atoms with van der Waals surface area (Å²) >= 11 is 0. The quantitative estimate of drug-likeness (QED) is 0.654. The zero-order valence-electron chi connectivity index (χ0n) is 17.2. The van der Waals surface area contributed by atoms with Gasteiger partial charge in [0.15, 0.2) is 11.6 Å². The van der Waals surface area contributed by atoms with E-state index in [-0.39, 0.29) is 40.7 Å². The maximum absolute atomic E-state index is 13.9. The van der Waals surface area contributed by atoms with Crippen molar-refractivity contribution in [3.05, 3.63) is 24.3 Å². The molecule has 28 heavy (non-hydrogen) atoms. The van der Waals surface area contributed by atoms with Gasteiger partial charge in [-0.05, 0) is 54.1 Å². The fourth-order valence-electron chi connectivity index (χ4n) is 9.64. The van der Waals surface area contributed by atoms with E-state index in [1.165, 1.54) is 0 Å². The van der Waals surface area contributed by atoms with E-state index in [9.17, 15) is 14.7 Å². The molecule has 0 amide bonds. The van der Waals surface area contributed by atoms with Gasteiger partial charge in [-0.1, -0.05) is 40.3 Å². The van der Waals surface area contributed by atoms with Crippen LogP contribution in [0.4, 0.5) is 0 Å². The van der Waals surface area contributed by atoms with Crippen LogP contribution in [-0.4, -0.2) is 35.0 Å². The van der Waals surface area contributed by atoms with E-state index in [1.807, 2.05) is 19.9 Å². The first-order valence-electron chi connectivity index (χ1n) is 10.8. The molecule has 1 N–H and O–H groups in total. The molecule has 2 aliphatic heterocycles. The van der Waals surface area contributed by atoms with Crippen LogP contribution in [0.3, 0.4) is 0 Å². The van der Waals surface area contributed by atoms with Crippen molar-refractivity contribution >= 4 is 11.6 Å². The van der Waals surface area contributed by atoms with Gasteiger partial charge in [0.05, 0.1) is 18.1 Å². The van der Waals surface area contributed by atoms with Crippen LogP contribution in [0.5, 0.6) is 0 Å². The Morgan fingerprint density at radius 1 is 1.18 bits per heavy atom. The van der Waals surface area contributed by atoms with Crippen molar-refractivity contribution in [1.82, 2.24) is 0 Å². The van der Waals surface area contributed by atoms with Crippen LogP contribution in [0.25, 0.3) is 0 Å². The zero-order valence-corrected chi connectivity index (χ0v) is 17.2. The number of ketones is 2. The highest BCUT2D eigenvalue weighted by Crippen LogP contribution is 2.84. The Morgan fingerprint density at radius 3 is 2.61 bits per heavy atom. The van der Waals surface area contributed by atoms with Gasteiger partial charge in [0.2, 0.25) is 0 Å². The van der Waals surface area contributed by atoms with Crippen LogP contribution in [0.1, 0.15) is 47.0 Å². The first kappa shape index (κ1) is 17.6. The molecule has 7 rings (SSSR count). The predicted octanol–water partition coefficient (Wildman–Crippen LogP) is 3.10. The topological polar surface area (TPSA) is 63.6 Å². The van der Waals surface area contributed by atoms with E-state index < -0.39 is 27.9 Å². The number of rotatable bonds is 0. The number of hydrogen-bond acceptors (Lipinski definition) is 4. The molecule has 0 unspecified atom stereocenters. The minimum Gasteiger partial charge on any atom is -0.390 e. The first-order chi connectivity index (χ1) is 13.0. The van der Waals surface area contributed by atoms with Gasteiger partial charge in [-0.3, -0.25) is 9.59 Å². The van der Waals surface area contributed by atoms with Crippen molar-refractivity contribution in [2.45, 2.75) is 58.7 Å². The lowest BCUT2D eigenvalue weighted by Crippen LogP contribution is -2.83. The van der Waals surface area contributed by atoms with Crippen molar-refractivity contribution in [1.29, 1.82) is 0 Å². The number of fused-ring (bicyclic) bond motifs is 1. The van der Waals surface area contributed by atoms with Gasteiger partial charge in [0.1, 0.15) is 5.60 Å². The molecule has 0 aromatic heterocycles. The zero-order chi connectivity index (χ0) is 20.1. The molecule has 4 bridgehead atoms. The largest absolute Gasteiger partial charge is 0.390 e. The van der Waals surface area contributed by atoms with E-state index in [2.05, 4.69) is 20.4 Å². The molecule has 3 spiro atoms. The third-order valence-corrected chi connectivity index (χ3v) is 10.3. The second-order valence-electron chi connectivity index (χ2n) is 11.6. The lowest BCUT2D eigenvalue weighted by Gasteiger charge is -2.74. The highest BCUT2D eigenvalue weighted by Gasteiger charge is 2.90. The van der Waals surface area contributed by atoms with Crippen LogP contribution < -0.4 is 0 Å². The molecular weight excluding hydrogens is 352 g/mol. The Hall–Kier alpha value is -1.26. The van der Waals surface area contributed by atoms with Crippen molar-refractivity contribution in [2.75, 3.05) is 6.61 Å². The minimum absolute atomic E-state index is 0.0726. The van der Waals surface area contributed by atoms with Gasteiger partial charge >= 0.3 is 0 Å². The Balaban J connectivity index is 1.73. The molecule has 4 saturated carbocycles. The monoisotopic (exact) mass is 382 g/mol. The lowest BCUT2D eigenvalue weighted by atomic mass is 9.34. The summed E-state index contributed by atoms with van der Waals surface area (Å²) in [7, 11) is 0. The van der Waals surface area contributed by atoms with Gasteiger partial charge in [-0.2, -0.15) is 0 Å². The van der Waals surface area contributed by atoms with Crippen molar-refractivity contribution in [3.63, 3.8) is 0 Å². The SMILES string of the molecule is C=C1C(=O)[C@@]23[C@@H]4CC(C)(C)[C@]25OC[C@]2(C=CC(=O)C(C)(C)[C@H]2[C@@H]5O)[C@@H]3CC[C@@H]14. The molecule has 6 fully saturated rings. The summed E-state index contributed by atoms with van der Waals surface area (Å²) in [6.07, 6.45) is 5.70. The second kappa shape index (κ2) is 4.41. The number of carbonyl (C=O) groups is 2. The van der Waals surface area contributed by atoms with E-state index in [0.29, 0.717) is 6.61 Å². The molecule has 7 aliphatic rings. The molecule has 8 atom stereocenters. The van der Waals surface area contributed by atoms with E-state index in [1.54, 1.807) is 6.08 Å². The maximum atomic E-state index is 13.9. The molecule has 150 valence electrons. The van der Waals surface area contributed by atoms with Gasteiger partial charge in [0, 0.05) is 16.7 Å². The summed E-state index contributed by atoms with van der Waals surface area (Å²) in [4.78, 5) is 26.8. The molecule has 0 aromatic carbocycles. The summed E-state index contributed by atoms with van der Waals surface area (Å²) in [5.41, 5.74) is -2.32. The van der Waals surface area contributed by atoms with E-state index >= 15 is 0 Å². The Bertz CT molecular complexity index is 896. The van der Waals surface area contributed by atoms with E-state index in [0.717, 1.165) is 24.8 Å². The smallest absolute Gasteiger partial charge is 0.168 e. The van der Waals surface area contributed by atoms with Crippen molar-refractivity contribution in [2.24, 2.45) is 45.3 Å². The Labute approximate surface area is 166 Å². The number of carbonyl (C=O) groups excluding carboxylic acids is 2. The Morgan fingerprint density at radius 2 is 1.89 bits per heavy atom. The third-order valence-electron chi connectivity index (χ3n) is 10.3. The standard InChI is InChI=1S/C24H30O4/c1-12-13-6-7-15-22-9-8-16(25)21(4,5)17(22)19(27)24(28-11-22)20(2,3)10-14(13)23(15,24)18(12)26/h8-9,13-15,17,19,27H,1,6-7,10-11H2,2-5H3/t13-,14+,15-,17+,19-,22+,23-,24-/m0/s1. The fourth-order valence-corrected chi connectivity index (χ4v) is 9.64. The predicted molar refractivity (Wildman–Crippen MR) is 103 cm³/mol. The highest BCUT2D eigenvalue weighted by atomic mass is 16.5. The third kappa shape index (κ3) is 1.30. The summed E-state index contributed by atoms with van der Waals surface area (Å²) in [6, 6.07) is 0. The summed E-state index contributed by atoms with van der Waals surface area (Å²) in [5.74, 6) is 0.523. The van der Waals surface area contributed by atoms with E-state index in [4.69, 9.17) is 4.74 Å². The molecule has 4 nitrogen and oxygen atoms in total. The summed E-state index contributed by atoms with van der Waals surface area (Å²) in [5, 5.41) is 12.0. The van der Waals surface area contributed by atoms with Crippen LogP contribution in [0.2, 0.25) is 0 Å². The Kier molecular flexibility index (Phi) is 2.77. The van der Waals surface area contributed by atoms with Gasteiger partial charge in [0.25, 0.3) is 0 Å². The van der Waals surface area contributed by atoms with Gasteiger partial charge in [-0.25, -0.2) is 0 Å². The van der Waals surface area contributed by atoms with Crippen molar-refractivity contribution in [3.8, 4) is 0 Å². The molecule has 5 aliphatic carbocycles. The first-order valence-corrected chi connectivity index (χ1v) is 10.8. The van der Waals surface area contributed by atoms with Gasteiger partial charge < -0.3 is 9.84 Å². The van der Waals surface area contributed by atoms with Crippen LogP contribution in [0.15, 0.2) is 24.3 Å². The number of hydrogen-bond donors (Lipinski definition) is 1. The molecule has 2 saturated heterocycles. The second-order valence-corrected chi connectivity index (χ2v) is 11.6.